The molecule has 0 spiro atoms. The van der Waals surface area contributed by atoms with E-state index in [2.05, 4.69) is 73.7 Å². The maximum absolute atomic E-state index is 2.43. The van der Waals surface area contributed by atoms with E-state index in [1.807, 2.05) is 34.0 Å². The van der Waals surface area contributed by atoms with Crippen LogP contribution >= 0.6 is 34.0 Å². The van der Waals surface area contributed by atoms with Crippen molar-refractivity contribution in [1.82, 2.24) is 0 Å². The first-order chi connectivity index (χ1) is 17.3. The molecule has 0 N–H and O–H groups in total. The van der Waals surface area contributed by atoms with Gasteiger partial charge in [-0.15, -0.1) is 34.0 Å². The number of thiophene rings is 3. The van der Waals surface area contributed by atoms with Gasteiger partial charge in [-0.25, -0.2) is 0 Å². The van der Waals surface area contributed by atoms with Gasteiger partial charge in [-0.3, -0.25) is 0 Å². The van der Waals surface area contributed by atoms with Crippen LogP contribution < -0.4 is 0 Å². The van der Waals surface area contributed by atoms with Gasteiger partial charge in [-0.1, -0.05) is 76.1 Å². The number of unbranched alkanes of at least 4 members (excludes halogenated alkanes) is 7. The minimum Gasteiger partial charge on any atom is -0.139 e. The van der Waals surface area contributed by atoms with E-state index in [9.17, 15) is 0 Å². The second kappa shape index (κ2) is 10.4. The molecule has 0 amide bonds. The van der Waals surface area contributed by atoms with Crippen molar-refractivity contribution >= 4 is 75.0 Å². The van der Waals surface area contributed by atoms with Gasteiger partial charge < -0.3 is 0 Å². The fourth-order valence-corrected chi connectivity index (χ4v) is 8.87. The molecule has 178 valence electrons. The molecule has 6 rings (SSSR count). The second-order valence-electron chi connectivity index (χ2n) is 9.79. The highest BCUT2D eigenvalue weighted by atomic mass is 32.1. The largest absolute Gasteiger partial charge is 0.139 e. The van der Waals surface area contributed by atoms with E-state index in [0.717, 1.165) is 0 Å². The highest BCUT2D eigenvalue weighted by Gasteiger charge is 2.13. The van der Waals surface area contributed by atoms with Gasteiger partial charge in [0.2, 0.25) is 0 Å². The summed E-state index contributed by atoms with van der Waals surface area (Å²) in [4.78, 5) is 4.41. The smallest absolute Gasteiger partial charge is 0.0536 e. The Morgan fingerprint density at radius 3 is 2.03 bits per heavy atom. The number of hydrogen-bond donors (Lipinski definition) is 0. The Labute approximate surface area is 220 Å². The quantitative estimate of drug-likeness (QED) is 0.126. The molecule has 0 radical (unpaired) electrons. The molecular formula is C32H32S3. The van der Waals surface area contributed by atoms with Crippen LogP contribution in [0.15, 0.2) is 66.7 Å². The molecule has 0 fully saturated rings. The molecule has 0 atom stereocenters. The van der Waals surface area contributed by atoms with Gasteiger partial charge in [0, 0.05) is 29.4 Å². The van der Waals surface area contributed by atoms with Crippen LogP contribution in [0.3, 0.4) is 0 Å². The third kappa shape index (κ3) is 4.91. The third-order valence-corrected chi connectivity index (χ3v) is 10.9. The average Bonchev–Trinajstić information content (AvgIpc) is 3.58. The van der Waals surface area contributed by atoms with E-state index in [1.165, 1.54) is 109 Å². The predicted molar refractivity (Wildman–Crippen MR) is 162 cm³/mol. The minimum absolute atomic E-state index is 1.24. The van der Waals surface area contributed by atoms with Crippen molar-refractivity contribution < 1.29 is 0 Å². The summed E-state index contributed by atoms with van der Waals surface area (Å²) in [5.74, 6) is 0. The molecule has 35 heavy (non-hydrogen) atoms. The number of aryl methyl sites for hydroxylation is 1. The lowest BCUT2D eigenvalue weighted by molar-refractivity contribution is 0.576. The van der Waals surface area contributed by atoms with Crippen LogP contribution in [-0.2, 0) is 6.42 Å². The summed E-state index contributed by atoms with van der Waals surface area (Å²) in [5, 5.41) is 6.74. The van der Waals surface area contributed by atoms with Crippen molar-refractivity contribution in [1.29, 1.82) is 0 Å². The van der Waals surface area contributed by atoms with Crippen LogP contribution in [0.4, 0.5) is 0 Å². The summed E-state index contributed by atoms with van der Waals surface area (Å²) < 4.78 is 4.29. The van der Waals surface area contributed by atoms with Crippen LogP contribution in [0.1, 0.15) is 63.2 Å². The number of benzene rings is 3. The van der Waals surface area contributed by atoms with Gasteiger partial charge in [-0.05, 0) is 76.9 Å². The number of fused-ring (bicyclic) bond motifs is 5. The normalized spacial score (nSPS) is 12.0. The molecule has 6 aromatic rings. The molecule has 0 saturated carbocycles. The number of rotatable bonds is 10. The molecule has 3 aromatic heterocycles. The van der Waals surface area contributed by atoms with Gasteiger partial charge in [0.25, 0.3) is 0 Å². The van der Waals surface area contributed by atoms with Crippen molar-refractivity contribution in [2.45, 2.75) is 64.7 Å². The van der Waals surface area contributed by atoms with Crippen molar-refractivity contribution in [3.05, 3.63) is 71.6 Å². The van der Waals surface area contributed by atoms with Crippen LogP contribution in [0.5, 0.6) is 0 Å². The zero-order valence-corrected chi connectivity index (χ0v) is 22.9. The number of hydrogen-bond acceptors (Lipinski definition) is 3. The Kier molecular flexibility index (Phi) is 6.91. The van der Waals surface area contributed by atoms with E-state index in [1.54, 1.807) is 4.88 Å². The van der Waals surface area contributed by atoms with Crippen LogP contribution in [-0.4, -0.2) is 0 Å². The maximum Gasteiger partial charge on any atom is 0.0536 e. The Balaban J connectivity index is 1.18. The topological polar surface area (TPSA) is 0 Å². The fraction of sp³-hybridized carbons (Fsp3) is 0.312. The van der Waals surface area contributed by atoms with E-state index >= 15 is 0 Å². The molecule has 0 unspecified atom stereocenters. The van der Waals surface area contributed by atoms with E-state index in [0.29, 0.717) is 0 Å². The van der Waals surface area contributed by atoms with Crippen molar-refractivity contribution in [3.8, 4) is 9.75 Å². The van der Waals surface area contributed by atoms with Gasteiger partial charge in [0.15, 0.2) is 0 Å². The van der Waals surface area contributed by atoms with Crippen LogP contribution in [0.25, 0.3) is 50.8 Å². The first-order valence-electron chi connectivity index (χ1n) is 13.2. The molecule has 0 saturated heterocycles. The summed E-state index contributed by atoms with van der Waals surface area (Å²) in [6.07, 6.45) is 12.4. The Hall–Kier alpha value is -2.20. The van der Waals surface area contributed by atoms with Crippen LogP contribution in [0.2, 0.25) is 0 Å². The standard InChI is InChI=1S/C32H32S3/c1-2-3-4-5-6-7-8-9-14-26-15-16-28(33-26)30-21-31-32(35-30)27-19-24-17-22-12-10-11-13-23(22)18-25(24)20-29(27)34-31/h10-13,15-21H,2-9,14H2,1H3. The highest BCUT2D eigenvalue weighted by molar-refractivity contribution is 7.34. The first kappa shape index (κ1) is 23.2. The molecule has 0 nitrogen and oxygen atoms in total. The molecule has 0 aliphatic heterocycles. The lowest BCUT2D eigenvalue weighted by Gasteiger charge is -2.03. The Bertz CT molecular complexity index is 1590. The molecule has 3 aromatic carbocycles. The summed E-state index contributed by atoms with van der Waals surface area (Å²) in [5.41, 5.74) is 0. The Morgan fingerprint density at radius 1 is 0.543 bits per heavy atom. The molecule has 3 heteroatoms. The average molecular weight is 513 g/mol. The van der Waals surface area contributed by atoms with Crippen molar-refractivity contribution in [2.75, 3.05) is 0 Å². The highest BCUT2D eigenvalue weighted by Crippen LogP contribution is 2.45. The molecule has 0 aliphatic rings. The lowest BCUT2D eigenvalue weighted by atomic mass is 10.0. The minimum atomic E-state index is 1.24. The van der Waals surface area contributed by atoms with E-state index < -0.39 is 0 Å². The van der Waals surface area contributed by atoms with E-state index in [4.69, 9.17) is 0 Å². The molecule has 3 heterocycles. The molecule has 0 aliphatic carbocycles. The van der Waals surface area contributed by atoms with Crippen molar-refractivity contribution in [3.63, 3.8) is 0 Å². The maximum atomic E-state index is 2.43. The van der Waals surface area contributed by atoms with Gasteiger partial charge >= 0.3 is 0 Å². The van der Waals surface area contributed by atoms with Gasteiger partial charge in [0.05, 0.1) is 4.70 Å². The SMILES string of the molecule is CCCCCCCCCCc1ccc(-c2cc3sc4cc5cc6ccccc6cc5cc4c3s2)s1. The zero-order valence-electron chi connectivity index (χ0n) is 20.4. The first-order valence-corrected chi connectivity index (χ1v) is 15.6. The molecular weight excluding hydrogens is 481 g/mol. The van der Waals surface area contributed by atoms with Gasteiger partial charge in [-0.2, -0.15) is 0 Å². The van der Waals surface area contributed by atoms with E-state index in [-0.39, 0.29) is 0 Å². The molecule has 0 bridgehead atoms. The summed E-state index contributed by atoms with van der Waals surface area (Å²) in [6, 6.07) is 25.3. The van der Waals surface area contributed by atoms with Crippen LogP contribution in [0, 0.1) is 0 Å². The van der Waals surface area contributed by atoms with Gasteiger partial charge in [0.1, 0.15) is 0 Å². The third-order valence-electron chi connectivity index (χ3n) is 7.15. The summed E-state index contributed by atoms with van der Waals surface area (Å²) >= 11 is 5.92. The lowest BCUT2D eigenvalue weighted by Crippen LogP contribution is -1.83. The second-order valence-corrected chi connectivity index (χ2v) is 13.1. The summed E-state index contributed by atoms with van der Waals surface area (Å²) in [6.45, 7) is 2.29. The summed E-state index contributed by atoms with van der Waals surface area (Å²) in [7, 11) is 0. The zero-order chi connectivity index (χ0) is 23.6. The Morgan fingerprint density at radius 2 is 1.26 bits per heavy atom. The monoisotopic (exact) mass is 512 g/mol. The van der Waals surface area contributed by atoms with Crippen molar-refractivity contribution in [2.24, 2.45) is 0 Å². The predicted octanol–water partition coefficient (Wildman–Crippen LogP) is 11.8. The fourth-order valence-electron chi connectivity index (χ4n) is 5.19.